The van der Waals surface area contributed by atoms with E-state index < -0.39 is 16.4 Å². The molecule has 0 aliphatic carbocycles. The van der Waals surface area contributed by atoms with Gasteiger partial charge in [-0.2, -0.15) is 0 Å². The van der Waals surface area contributed by atoms with Crippen LogP contribution in [0.2, 0.25) is 34.8 Å². The molecule has 0 bridgehead atoms. The second kappa shape index (κ2) is 22.9. The van der Waals surface area contributed by atoms with E-state index in [0.29, 0.717) is 42.7 Å². The molecule has 6 aliphatic rings. The summed E-state index contributed by atoms with van der Waals surface area (Å²) in [5.41, 5.74) is 3.68. The third kappa shape index (κ3) is 11.0. The number of fused-ring (bicyclic) bond motifs is 4. The lowest BCUT2D eigenvalue weighted by Gasteiger charge is -2.52. The zero-order valence-electron chi connectivity index (χ0n) is 42.7. The van der Waals surface area contributed by atoms with Gasteiger partial charge < -0.3 is 37.6 Å². The Kier molecular flexibility index (Phi) is 17.7. The molecule has 374 valence electrons. The maximum Gasteiger partial charge on any atom is 0.272 e. The fourth-order valence-electron chi connectivity index (χ4n) is 13.0. The van der Waals surface area contributed by atoms with E-state index in [9.17, 15) is 0 Å². The number of benzene rings is 2. The zero-order chi connectivity index (χ0) is 48.1. The van der Waals surface area contributed by atoms with Gasteiger partial charge in [-0.1, -0.05) is 159 Å². The van der Waals surface area contributed by atoms with Crippen LogP contribution < -0.4 is 0 Å². The highest BCUT2D eigenvalue weighted by atomic mass is 32.2. The predicted octanol–water partition coefficient (Wildman–Crippen LogP) is 12.8. The number of hydrogen-bond donors (Lipinski definition) is 0. The highest BCUT2D eigenvalue weighted by Gasteiger charge is 2.72. The molecule has 0 N–H and O–H groups in total. The Balaban J connectivity index is 1.06. The van der Waals surface area contributed by atoms with Crippen LogP contribution in [0.25, 0.3) is 0 Å². The normalized spacial score (nSPS) is 33.5. The fraction of sp³-hybridized carbons (Fsp3) is 0.679. The minimum atomic E-state index is -2.08. The van der Waals surface area contributed by atoms with Crippen LogP contribution in [0, 0.1) is 12.0 Å². The van der Waals surface area contributed by atoms with Gasteiger partial charge in [0.25, 0.3) is 8.32 Å². The van der Waals surface area contributed by atoms with Crippen LogP contribution >= 0.6 is 23.5 Å². The van der Waals surface area contributed by atoms with Gasteiger partial charge in [-0.05, 0) is 77.4 Å². The summed E-state index contributed by atoms with van der Waals surface area (Å²) in [7, 11) is -3.99. The Morgan fingerprint density at radius 2 is 1.31 bits per heavy atom. The van der Waals surface area contributed by atoms with Crippen molar-refractivity contribution in [3.05, 3.63) is 96.1 Å². The summed E-state index contributed by atoms with van der Waals surface area (Å²) in [5.74, 6) is 5.58. The minimum Gasteiger partial charge on any atom is -0.499 e. The Morgan fingerprint density at radius 3 is 1.90 bits per heavy atom. The standard InChI is InChI=1S/C56H82O8S2Si2/c1-11-67(12-2,13-3)56-36-49-45(60-46(54(56)64-56)28-21-16-22-31-59-68(39(4)5,40(6)7)41(8)9)30-29-44-47(61-49)34-48-52(63-44)53(58-38-43-26-19-15-20-27-43)51(57-37-42-24-17-14-18-25-42)50(62-48)35-55(10)65-32-23-33-66-55/h14-21,24-27,29-30,39-41,44-54H,11-13,23,28,32-38H2,1-10H3/b21-16+/t44-,45+,46-,47+,48-,49-,50+,51+,52-,53-,54+,56+/m1/s1. The van der Waals surface area contributed by atoms with Crippen LogP contribution in [-0.4, -0.2) is 104 Å². The first-order chi connectivity index (χ1) is 32.8. The molecule has 0 spiro atoms. The molecule has 0 aromatic heterocycles. The molecule has 2 aromatic rings. The van der Waals surface area contributed by atoms with Gasteiger partial charge >= 0.3 is 0 Å². The monoisotopic (exact) mass is 1000 g/mol. The number of hydrogen-bond acceptors (Lipinski definition) is 10. The average molecular weight is 1000 g/mol. The van der Waals surface area contributed by atoms with Crippen LogP contribution in [0.4, 0.5) is 0 Å². The molecule has 0 saturated carbocycles. The van der Waals surface area contributed by atoms with Gasteiger partial charge in [-0.15, -0.1) is 23.5 Å². The lowest BCUT2D eigenvalue weighted by molar-refractivity contribution is -0.300. The average Bonchev–Trinajstić information content (AvgIpc) is 4.10. The van der Waals surface area contributed by atoms with Crippen molar-refractivity contribution in [1.29, 1.82) is 0 Å². The third-order valence-electron chi connectivity index (χ3n) is 16.7. The summed E-state index contributed by atoms with van der Waals surface area (Å²) in [6.45, 7) is 24.3. The van der Waals surface area contributed by atoms with E-state index in [0.717, 1.165) is 35.5 Å². The van der Waals surface area contributed by atoms with Crippen LogP contribution in [0.5, 0.6) is 0 Å². The van der Waals surface area contributed by atoms with E-state index in [4.69, 9.17) is 37.6 Å². The first kappa shape index (κ1) is 52.5. The van der Waals surface area contributed by atoms with Crippen molar-refractivity contribution in [1.82, 2.24) is 0 Å². The Morgan fingerprint density at radius 1 is 0.721 bits per heavy atom. The van der Waals surface area contributed by atoms with Crippen molar-refractivity contribution in [3.63, 3.8) is 0 Å². The summed E-state index contributed by atoms with van der Waals surface area (Å²) < 4.78 is 57.0. The SMILES string of the molecule is CC[Si](CC)(CC)[C@@]12C[C@H]3O[C@H]4C[C@H]5O[C@@H](CC6(C)SCCCS6)[C@H](OCc6ccccc6)[C@@H](OCc6ccccc6)[C@@H]5O[C@@H]4C=C[C@@H]3O[C@H](C/C=C/C#CO[Si](C(C)C)(C(C)C)C(C)C)[C@@H]1O2. The summed E-state index contributed by atoms with van der Waals surface area (Å²) in [6, 6.07) is 24.4. The quantitative estimate of drug-likeness (QED) is 0.0624. The number of allylic oxidation sites excluding steroid dienone is 1. The maximum atomic E-state index is 7.41. The van der Waals surface area contributed by atoms with Crippen molar-refractivity contribution in [2.75, 3.05) is 11.5 Å². The third-order valence-corrected chi connectivity index (χ3v) is 32.3. The van der Waals surface area contributed by atoms with Gasteiger partial charge in [0.1, 0.15) is 36.6 Å². The molecule has 5 fully saturated rings. The van der Waals surface area contributed by atoms with Gasteiger partial charge in [0, 0.05) is 12.8 Å². The van der Waals surface area contributed by atoms with Gasteiger partial charge in [-0.25, -0.2) is 0 Å². The summed E-state index contributed by atoms with van der Waals surface area (Å²) in [6.07, 6.45) is 13.6. The number of rotatable bonds is 18. The van der Waals surface area contributed by atoms with E-state index in [1.54, 1.807) is 0 Å². The molecule has 6 aliphatic heterocycles. The largest absolute Gasteiger partial charge is 0.499 e. The van der Waals surface area contributed by atoms with Gasteiger partial charge in [0.15, 0.2) is 0 Å². The Labute approximate surface area is 420 Å². The Hall–Kier alpha value is -1.87. The van der Waals surface area contributed by atoms with Crippen molar-refractivity contribution in [2.24, 2.45) is 0 Å². The molecule has 68 heavy (non-hydrogen) atoms. The summed E-state index contributed by atoms with van der Waals surface area (Å²) in [5, 5.41) is -0.211. The molecule has 6 heterocycles. The maximum absolute atomic E-state index is 7.41. The zero-order valence-corrected chi connectivity index (χ0v) is 46.4. The van der Waals surface area contributed by atoms with Gasteiger partial charge in [0.05, 0.1) is 67.2 Å². The molecule has 0 amide bonds. The molecular formula is C56H82O8S2Si2. The van der Waals surface area contributed by atoms with Crippen molar-refractivity contribution >= 4 is 39.9 Å². The molecule has 8 rings (SSSR count). The molecule has 0 unspecified atom stereocenters. The van der Waals surface area contributed by atoms with E-state index in [2.05, 4.69) is 184 Å². The first-order valence-electron chi connectivity index (χ1n) is 26.2. The van der Waals surface area contributed by atoms with Crippen molar-refractivity contribution in [3.8, 4) is 12.0 Å². The number of thioether (sulfide) groups is 2. The van der Waals surface area contributed by atoms with Gasteiger partial charge in [0.2, 0.25) is 0 Å². The summed E-state index contributed by atoms with van der Waals surface area (Å²) in [4.78, 5) is 0. The minimum absolute atomic E-state index is 0.0107. The smallest absolute Gasteiger partial charge is 0.272 e. The van der Waals surface area contributed by atoms with Crippen LogP contribution in [0.3, 0.4) is 0 Å². The van der Waals surface area contributed by atoms with Crippen LogP contribution in [0.1, 0.15) is 112 Å². The highest BCUT2D eigenvalue weighted by Crippen LogP contribution is 2.58. The second-order valence-electron chi connectivity index (χ2n) is 21.4. The molecule has 0 radical (unpaired) electrons. The van der Waals surface area contributed by atoms with Crippen molar-refractivity contribution < 1.29 is 37.6 Å². The molecular weight excluding hydrogens is 921 g/mol. The lowest BCUT2D eigenvalue weighted by Crippen LogP contribution is -2.65. The summed E-state index contributed by atoms with van der Waals surface area (Å²) >= 11 is 4.12. The first-order valence-corrected chi connectivity index (χ1v) is 32.9. The van der Waals surface area contributed by atoms with Gasteiger partial charge in [-0.3, -0.25) is 0 Å². The fourth-order valence-corrected chi connectivity index (χ4v) is 26.1. The topological polar surface area (TPSA) is 77.1 Å². The van der Waals surface area contributed by atoms with Crippen LogP contribution in [-0.2, 0) is 50.8 Å². The van der Waals surface area contributed by atoms with E-state index in [1.807, 2.05) is 6.08 Å². The molecule has 8 nitrogen and oxygen atoms in total. The number of ether oxygens (including phenoxy) is 7. The number of epoxide rings is 1. The second-order valence-corrected chi connectivity index (χ2v) is 35.8. The molecule has 5 saturated heterocycles. The van der Waals surface area contributed by atoms with E-state index >= 15 is 0 Å². The Bertz CT molecular complexity index is 2000. The van der Waals surface area contributed by atoms with Crippen LogP contribution in [0.15, 0.2) is 85.0 Å². The molecule has 12 atom stereocenters. The van der Waals surface area contributed by atoms with E-state index in [-0.39, 0.29) is 76.4 Å². The molecule has 2 aromatic carbocycles. The highest BCUT2D eigenvalue weighted by molar-refractivity contribution is 8.18. The molecule has 12 heteroatoms. The van der Waals surface area contributed by atoms with Crippen molar-refractivity contribution in [2.45, 2.75) is 226 Å². The lowest BCUT2D eigenvalue weighted by atomic mass is 9.86. The predicted molar refractivity (Wildman–Crippen MR) is 284 cm³/mol. The van der Waals surface area contributed by atoms with E-state index in [1.165, 1.54) is 24.6 Å².